The first-order chi connectivity index (χ1) is 16.0. The molecular weight excluding hydrogens is 420 g/mol. The number of hydrogen-bond donors (Lipinski definition) is 0. The van der Waals surface area contributed by atoms with E-state index in [9.17, 15) is 24.1 Å². The molecule has 0 bridgehead atoms. The van der Waals surface area contributed by atoms with E-state index in [4.69, 9.17) is 0 Å². The molecule has 0 amide bonds. The molecule has 160 valence electrons. The highest BCUT2D eigenvalue weighted by molar-refractivity contribution is 6.04. The molecule has 0 saturated carbocycles. The van der Waals surface area contributed by atoms with Gasteiger partial charge in [-0.3, -0.25) is 4.79 Å². The Morgan fingerprint density at radius 1 is 0.879 bits per heavy atom. The zero-order chi connectivity index (χ0) is 23.2. The van der Waals surface area contributed by atoms with Gasteiger partial charge in [-0.05, 0) is 53.6 Å². The van der Waals surface area contributed by atoms with E-state index >= 15 is 0 Å². The Morgan fingerprint density at radius 2 is 1.48 bits per heavy atom. The van der Waals surface area contributed by atoms with Crippen LogP contribution in [0, 0.1) is 39.7 Å². The van der Waals surface area contributed by atoms with Crippen LogP contribution in [-0.2, 0) is 0 Å². The van der Waals surface area contributed by atoms with E-state index in [1.807, 2.05) is 35.2 Å². The Bertz CT molecular complexity index is 1340. The third kappa shape index (κ3) is 3.03. The topological polar surface area (TPSA) is 67.9 Å². The molecule has 0 aromatic heterocycles. The Labute approximate surface area is 189 Å². The van der Waals surface area contributed by atoms with Crippen molar-refractivity contribution in [1.29, 1.82) is 10.5 Å². The summed E-state index contributed by atoms with van der Waals surface area (Å²) < 4.78 is 27.3. The average molecular weight is 437 g/mol. The van der Waals surface area contributed by atoms with E-state index in [0.29, 0.717) is 5.56 Å². The summed E-state index contributed by atoms with van der Waals surface area (Å²) in [5, 5.41) is 20.7. The number of nitrogens with zero attached hydrogens (tertiary/aromatic N) is 3. The van der Waals surface area contributed by atoms with Crippen molar-refractivity contribution in [1.82, 2.24) is 0 Å². The Kier molecular flexibility index (Phi) is 4.80. The fourth-order valence-electron chi connectivity index (χ4n) is 5.06. The molecule has 2 heterocycles. The molecular formula is C27H17F2N3O. The molecule has 0 radical (unpaired) electrons. The fourth-order valence-corrected chi connectivity index (χ4v) is 5.06. The predicted octanol–water partition coefficient (Wildman–Crippen LogP) is 5.25. The normalized spacial score (nSPS) is 22.1. The van der Waals surface area contributed by atoms with Gasteiger partial charge in [0.05, 0.1) is 18.2 Å². The molecule has 0 aliphatic carbocycles. The van der Waals surface area contributed by atoms with Crippen molar-refractivity contribution in [2.45, 2.75) is 18.0 Å². The molecule has 3 aromatic rings. The smallest absolute Gasteiger partial charge is 0.185 e. The lowest BCUT2D eigenvalue weighted by Crippen LogP contribution is -2.44. The maximum absolute atomic E-state index is 13.9. The van der Waals surface area contributed by atoms with Crippen LogP contribution in [0.5, 0.6) is 0 Å². The van der Waals surface area contributed by atoms with Gasteiger partial charge >= 0.3 is 0 Å². The van der Waals surface area contributed by atoms with Crippen molar-refractivity contribution < 1.29 is 13.6 Å². The van der Waals surface area contributed by atoms with Crippen molar-refractivity contribution >= 4 is 17.5 Å². The number of anilines is 1. The minimum atomic E-state index is -1.61. The van der Waals surface area contributed by atoms with E-state index < -0.39 is 35.1 Å². The van der Waals surface area contributed by atoms with E-state index in [1.54, 1.807) is 6.08 Å². The second-order valence-electron chi connectivity index (χ2n) is 8.21. The molecule has 2 aliphatic rings. The number of Topliss-reactive ketones (excluding diaryl/α,β-unsaturated/α-hetero) is 1. The second kappa shape index (κ2) is 7.69. The number of benzene rings is 3. The zero-order valence-corrected chi connectivity index (χ0v) is 17.3. The Hall–Kier alpha value is -4.29. The molecule has 5 rings (SSSR count). The summed E-state index contributed by atoms with van der Waals surface area (Å²) in [5.41, 5.74) is 0.758. The summed E-state index contributed by atoms with van der Waals surface area (Å²) in [5.74, 6) is -2.14. The summed E-state index contributed by atoms with van der Waals surface area (Å²) >= 11 is 0. The molecule has 4 nitrogen and oxygen atoms in total. The van der Waals surface area contributed by atoms with Gasteiger partial charge in [0.15, 0.2) is 11.2 Å². The molecule has 33 heavy (non-hydrogen) atoms. The van der Waals surface area contributed by atoms with Crippen molar-refractivity contribution in [3.8, 4) is 12.1 Å². The van der Waals surface area contributed by atoms with Gasteiger partial charge in [-0.25, -0.2) is 8.78 Å². The molecule has 2 aliphatic heterocycles. The number of ketones is 1. The van der Waals surface area contributed by atoms with Crippen LogP contribution >= 0.6 is 0 Å². The summed E-state index contributed by atoms with van der Waals surface area (Å²) in [4.78, 5) is 15.7. The van der Waals surface area contributed by atoms with E-state index in [0.717, 1.165) is 11.3 Å². The zero-order valence-electron chi connectivity index (χ0n) is 17.3. The number of halogens is 2. The van der Waals surface area contributed by atoms with Gasteiger partial charge in [0.25, 0.3) is 0 Å². The van der Waals surface area contributed by atoms with Crippen LogP contribution in [0.3, 0.4) is 0 Å². The summed E-state index contributed by atoms with van der Waals surface area (Å²) in [6.07, 6.45) is 3.63. The SMILES string of the molecule is N#CC1(C#N)C(c2ccc(F)cc2)C(C(=O)c2ccc(F)cc2)N2c3ccccc3C=CC21. The van der Waals surface area contributed by atoms with Crippen LogP contribution in [0.15, 0.2) is 78.9 Å². The van der Waals surface area contributed by atoms with Gasteiger partial charge < -0.3 is 4.90 Å². The molecule has 3 unspecified atom stereocenters. The number of carbonyl (C=O) groups is 1. The van der Waals surface area contributed by atoms with Crippen LogP contribution in [0.25, 0.3) is 6.08 Å². The molecule has 0 spiro atoms. The largest absolute Gasteiger partial charge is 0.351 e. The Morgan fingerprint density at radius 3 is 2.12 bits per heavy atom. The maximum Gasteiger partial charge on any atom is 0.185 e. The number of fused-ring (bicyclic) bond motifs is 3. The van der Waals surface area contributed by atoms with Gasteiger partial charge in [-0.1, -0.05) is 42.5 Å². The maximum atomic E-state index is 13.9. The van der Waals surface area contributed by atoms with Crippen LogP contribution in [0.4, 0.5) is 14.5 Å². The van der Waals surface area contributed by atoms with Crippen LogP contribution < -0.4 is 4.90 Å². The number of para-hydroxylation sites is 1. The average Bonchev–Trinajstić information content (AvgIpc) is 3.15. The lowest BCUT2D eigenvalue weighted by atomic mass is 9.69. The molecule has 3 atom stereocenters. The minimum absolute atomic E-state index is 0.269. The lowest BCUT2D eigenvalue weighted by molar-refractivity contribution is 0.0951. The van der Waals surface area contributed by atoms with Crippen LogP contribution in [-0.4, -0.2) is 17.9 Å². The first-order valence-electron chi connectivity index (χ1n) is 10.4. The highest BCUT2D eigenvalue weighted by Gasteiger charge is 2.63. The third-order valence-electron chi connectivity index (χ3n) is 6.54. The standard InChI is InChI=1S/C27H17F2N3O/c28-20-10-5-18(6-11-20)24-25(26(33)19-7-12-21(29)13-8-19)32-22-4-2-1-3-17(22)9-14-23(32)27(24,15-30)16-31/h1-14,23-25H. The first kappa shape index (κ1) is 20.6. The summed E-state index contributed by atoms with van der Waals surface area (Å²) in [6.45, 7) is 0. The first-order valence-corrected chi connectivity index (χ1v) is 10.4. The van der Waals surface area contributed by atoms with Gasteiger partial charge in [0, 0.05) is 17.2 Å². The van der Waals surface area contributed by atoms with E-state index in [1.165, 1.54) is 48.5 Å². The number of nitriles is 2. The summed E-state index contributed by atoms with van der Waals surface area (Å²) in [7, 11) is 0. The fraction of sp³-hybridized carbons (Fsp3) is 0.148. The van der Waals surface area contributed by atoms with Gasteiger partial charge in [-0.2, -0.15) is 10.5 Å². The molecule has 3 aromatic carbocycles. The quantitative estimate of drug-likeness (QED) is 0.525. The highest BCUT2D eigenvalue weighted by Crippen LogP contribution is 2.55. The third-order valence-corrected chi connectivity index (χ3v) is 6.54. The highest BCUT2D eigenvalue weighted by atomic mass is 19.1. The molecule has 0 N–H and O–H groups in total. The van der Waals surface area contributed by atoms with Crippen molar-refractivity contribution in [3.05, 3.63) is 107 Å². The van der Waals surface area contributed by atoms with Gasteiger partial charge in [0.1, 0.15) is 17.7 Å². The Balaban J connectivity index is 1.78. The molecule has 1 saturated heterocycles. The van der Waals surface area contributed by atoms with Gasteiger partial charge in [-0.15, -0.1) is 0 Å². The van der Waals surface area contributed by atoms with E-state index in [-0.39, 0.29) is 11.3 Å². The number of hydrogen-bond acceptors (Lipinski definition) is 4. The van der Waals surface area contributed by atoms with Crippen LogP contribution in [0.1, 0.15) is 27.4 Å². The molecule has 6 heteroatoms. The van der Waals surface area contributed by atoms with Crippen molar-refractivity contribution in [2.75, 3.05) is 4.90 Å². The van der Waals surface area contributed by atoms with E-state index in [2.05, 4.69) is 12.1 Å². The van der Waals surface area contributed by atoms with Crippen LogP contribution in [0.2, 0.25) is 0 Å². The summed E-state index contributed by atoms with van der Waals surface area (Å²) in [6, 6.07) is 21.0. The predicted molar refractivity (Wildman–Crippen MR) is 119 cm³/mol. The number of carbonyl (C=O) groups excluding carboxylic acids is 1. The van der Waals surface area contributed by atoms with Crippen molar-refractivity contribution in [2.24, 2.45) is 5.41 Å². The lowest BCUT2D eigenvalue weighted by Gasteiger charge is -2.35. The van der Waals surface area contributed by atoms with Crippen molar-refractivity contribution in [3.63, 3.8) is 0 Å². The minimum Gasteiger partial charge on any atom is -0.351 e. The second-order valence-corrected chi connectivity index (χ2v) is 8.21. The monoisotopic (exact) mass is 437 g/mol. The van der Waals surface area contributed by atoms with Gasteiger partial charge in [0.2, 0.25) is 0 Å². The number of rotatable bonds is 3. The molecule has 1 fully saturated rings.